The van der Waals surface area contributed by atoms with E-state index < -0.39 is 5.82 Å². The summed E-state index contributed by atoms with van der Waals surface area (Å²) >= 11 is 3.16. The second kappa shape index (κ2) is 6.15. The van der Waals surface area contributed by atoms with Gasteiger partial charge in [-0.1, -0.05) is 0 Å². The van der Waals surface area contributed by atoms with Crippen molar-refractivity contribution in [1.82, 2.24) is 4.90 Å². The lowest BCUT2D eigenvalue weighted by Gasteiger charge is -2.25. The van der Waals surface area contributed by atoms with Gasteiger partial charge in [-0.2, -0.15) is 0 Å². The maximum Gasteiger partial charge on any atom is 0.255 e. The molecule has 0 aromatic heterocycles. The highest BCUT2D eigenvalue weighted by molar-refractivity contribution is 9.10. The summed E-state index contributed by atoms with van der Waals surface area (Å²) in [6.45, 7) is 2.29. The van der Waals surface area contributed by atoms with Crippen molar-refractivity contribution in [2.45, 2.75) is 13.0 Å². The van der Waals surface area contributed by atoms with Crippen molar-refractivity contribution in [3.8, 4) is 0 Å². The van der Waals surface area contributed by atoms with Crippen LogP contribution in [0.5, 0.6) is 0 Å². The predicted molar refractivity (Wildman–Crippen MR) is 71.9 cm³/mol. The molecule has 18 heavy (non-hydrogen) atoms. The Morgan fingerprint density at radius 3 is 2.78 bits per heavy atom. The number of nitrogens with zero attached hydrogens (tertiary/aromatic N) is 1. The number of likely N-dealkylation sites (N-methyl/N-ethyl adjacent to an activating group) is 1. The molecule has 100 valence electrons. The van der Waals surface area contributed by atoms with Gasteiger partial charge >= 0.3 is 0 Å². The Morgan fingerprint density at radius 2 is 2.22 bits per heavy atom. The Hall–Kier alpha value is -1.14. The lowest BCUT2D eigenvalue weighted by atomic mass is 10.1. The molecule has 1 amide bonds. The molecule has 1 rings (SSSR count). The number of carbonyl (C=O) groups excluding carboxylic acids is 1. The number of carbonyl (C=O) groups is 1. The number of ether oxygens (including phenoxy) is 1. The van der Waals surface area contributed by atoms with E-state index in [9.17, 15) is 9.18 Å². The van der Waals surface area contributed by atoms with E-state index in [2.05, 4.69) is 15.9 Å². The molecule has 0 aliphatic rings. The Bertz CT molecular complexity index is 454. The Balaban J connectivity index is 3.00. The SMILES string of the molecule is COCC(C)N(C)C(=O)c1cc(N)c(F)cc1Br. The molecular weight excluding hydrogens is 303 g/mol. The highest BCUT2D eigenvalue weighted by Crippen LogP contribution is 2.24. The van der Waals surface area contributed by atoms with Gasteiger partial charge in [0.2, 0.25) is 0 Å². The summed E-state index contributed by atoms with van der Waals surface area (Å²) < 4.78 is 18.6. The quantitative estimate of drug-likeness (QED) is 0.866. The third-order valence-corrected chi connectivity index (χ3v) is 3.36. The zero-order valence-corrected chi connectivity index (χ0v) is 12.1. The fourth-order valence-electron chi connectivity index (χ4n) is 1.47. The zero-order chi connectivity index (χ0) is 13.9. The van der Waals surface area contributed by atoms with E-state index in [0.717, 1.165) is 0 Å². The molecule has 1 atom stereocenters. The molecular formula is C12H16BrFN2O2. The highest BCUT2D eigenvalue weighted by atomic mass is 79.9. The van der Waals surface area contributed by atoms with Crippen LogP contribution in [-0.2, 0) is 4.74 Å². The predicted octanol–water partition coefficient (Wildman–Crippen LogP) is 2.28. The number of methoxy groups -OCH3 is 1. The summed E-state index contributed by atoms with van der Waals surface area (Å²) in [6.07, 6.45) is 0. The number of anilines is 1. The third-order valence-electron chi connectivity index (χ3n) is 2.71. The van der Waals surface area contributed by atoms with E-state index in [1.807, 2.05) is 6.92 Å². The van der Waals surface area contributed by atoms with Crippen molar-refractivity contribution in [2.75, 3.05) is 26.5 Å². The molecule has 1 aromatic carbocycles. The second-order valence-electron chi connectivity index (χ2n) is 4.07. The Kier molecular flexibility index (Phi) is 5.10. The van der Waals surface area contributed by atoms with Crippen LogP contribution in [-0.4, -0.2) is 37.6 Å². The molecule has 0 bridgehead atoms. The van der Waals surface area contributed by atoms with Gasteiger partial charge < -0.3 is 15.4 Å². The number of benzene rings is 1. The van der Waals surface area contributed by atoms with E-state index in [-0.39, 0.29) is 17.6 Å². The highest BCUT2D eigenvalue weighted by Gasteiger charge is 2.20. The number of amides is 1. The number of hydrogen-bond donors (Lipinski definition) is 1. The Labute approximate surface area is 114 Å². The van der Waals surface area contributed by atoms with Crippen LogP contribution in [0.4, 0.5) is 10.1 Å². The van der Waals surface area contributed by atoms with Gasteiger partial charge in [0.1, 0.15) is 5.82 Å². The summed E-state index contributed by atoms with van der Waals surface area (Å²) in [7, 11) is 3.23. The standard InChI is InChI=1S/C12H16BrFN2O2/c1-7(6-18-3)16(2)12(17)8-4-11(15)10(14)5-9(8)13/h4-5,7H,6,15H2,1-3H3. The normalized spacial score (nSPS) is 12.3. The van der Waals surface area contributed by atoms with Crippen molar-refractivity contribution < 1.29 is 13.9 Å². The first-order valence-electron chi connectivity index (χ1n) is 5.39. The topological polar surface area (TPSA) is 55.6 Å². The molecule has 0 spiro atoms. The van der Waals surface area contributed by atoms with E-state index >= 15 is 0 Å². The first-order chi connectivity index (χ1) is 8.38. The number of nitrogens with two attached hydrogens (primary N) is 1. The van der Waals surface area contributed by atoms with Crippen LogP contribution in [0.2, 0.25) is 0 Å². The Morgan fingerprint density at radius 1 is 1.61 bits per heavy atom. The van der Waals surface area contributed by atoms with Gasteiger partial charge in [-0.05, 0) is 35.0 Å². The lowest BCUT2D eigenvalue weighted by molar-refractivity contribution is 0.0632. The van der Waals surface area contributed by atoms with E-state index in [4.69, 9.17) is 10.5 Å². The fourth-order valence-corrected chi connectivity index (χ4v) is 1.96. The van der Waals surface area contributed by atoms with Gasteiger partial charge in [0.15, 0.2) is 0 Å². The maximum atomic E-state index is 13.2. The molecule has 0 fully saturated rings. The zero-order valence-electron chi connectivity index (χ0n) is 10.5. The number of rotatable bonds is 4. The molecule has 0 saturated carbocycles. The molecule has 0 saturated heterocycles. The summed E-state index contributed by atoms with van der Waals surface area (Å²) in [6, 6.07) is 2.44. The van der Waals surface area contributed by atoms with Crippen LogP contribution in [0, 0.1) is 5.82 Å². The fraction of sp³-hybridized carbons (Fsp3) is 0.417. The smallest absolute Gasteiger partial charge is 0.255 e. The molecule has 2 N–H and O–H groups in total. The molecule has 1 unspecified atom stereocenters. The van der Waals surface area contributed by atoms with Crippen LogP contribution in [0.3, 0.4) is 0 Å². The first-order valence-corrected chi connectivity index (χ1v) is 6.18. The average molecular weight is 319 g/mol. The van der Waals surface area contributed by atoms with Gasteiger partial charge in [0.25, 0.3) is 5.91 Å². The van der Waals surface area contributed by atoms with Crippen molar-refractivity contribution in [3.63, 3.8) is 0 Å². The van der Waals surface area contributed by atoms with Crippen LogP contribution in [0.25, 0.3) is 0 Å². The molecule has 6 heteroatoms. The number of halogens is 2. The van der Waals surface area contributed by atoms with Crippen molar-refractivity contribution in [1.29, 1.82) is 0 Å². The molecule has 1 aromatic rings. The molecule has 0 heterocycles. The van der Waals surface area contributed by atoms with Crippen LogP contribution in [0.1, 0.15) is 17.3 Å². The molecule has 0 aliphatic heterocycles. The van der Waals surface area contributed by atoms with Crippen molar-refractivity contribution in [2.24, 2.45) is 0 Å². The van der Waals surface area contributed by atoms with Crippen LogP contribution >= 0.6 is 15.9 Å². The molecule has 0 aliphatic carbocycles. The summed E-state index contributed by atoms with van der Waals surface area (Å²) in [5.41, 5.74) is 5.76. The van der Waals surface area contributed by atoms with E-state index in [1.54, 1.807) is 14.2 Å². The van der Waals surface area contributed by atoms with Gasteiger partial charge in [-0.25, -0.2) is 4.39 Å². The molecule has 0 radical (unpaired) electrons. The van der Waals surface area contributed by atoms with Crippen LogP contribution in [0.15, 0.2) is 16.6 Å². The van der Waals surface area contributed by atoms with E-state index in [1.165, 1.54) is 17.0 Å². The average Bonchev–Trinajstić information content (AvgIpc) is 2.32. The van der Waals surface area contributed by atoms with Crippen molar-refractivity contribution >= 4 is 27.5 Å². The first kappa shape index (κ1) is 14.9. The van der Waals surface area contributed by atoms with E-state index in [0.29, 0.717) is 16.6 Å². The second-order valence-corrected chi connectivity index (χ2v) is 4.93. The number of nitrogen functional groups attached to an aromatic ring is 1. The van der Waals surface area contributed by atoms with Crippen molar-refractivity contribution in [3.05, 3.63) is 28.0 Å². The van der Waals surface area contributed by atoms with Gasteiger partial charge in [-0.15, -0.1) is 0 Å². The van der Waals surface area contributed by atoms with Crippen LogP contribution < -0.4 is 5.73 Å². The lowest BCUT2D eigenvalue weighted by Crippen LogP contribution is -2.38. The monoisotopic (exact) mass is 318 g/mol. The minimum absolute atomic E-state index is 0.0469. The minimum Gasteiger partial charge on any atom is -0.396 e. The summed E-state index contributed by atoms with van der Waals surface area (Å²) in [4.78, 5) is 13.7. The third kappa shape index (κ3) is 3.20. The summed E-state index contributed by atoms with van der Waals surface area (Å²) in [5, 5.41) is 0. The minimum atomic E-state index is -0.550. The maximum absolute atomic E-state index is 13.2. The largest absolute Gasteiger partial charge is 0.396 e. The summed E-state index contributed by atoms with van der Waals surface area (Å²) in [5.74, 6) is -0.788. The number of hydrogen-bond acceptors (Lipinski definition) is 3. The van der Waals surface area contributed by atoms with Gasteiger partial charge in [-0.3, -0.25) is 4.79 Å². The van der Waals surface area contributed by atoms with Gasteiger partial charge in [0.05, 0.1) is 23.9 Å². The van der Waals surface area contributed by atoms with Gasteiger partial charge in [0, 0.05) is 18.6 Å². The molecule has 4 nitrogen and oxygen atoms in total.